The molecule has 0 aromatic heterocycles. The number of nitrogen functional groups attached to an aromatic ring is 1. The zero-order valence-electron chi connectivity index (χ0n) is 12.3. The summed E-state index contributed by atoms with van der Waals surface area (Å²) in [6, 6.07) is 12.6. The standard InChI is InChI=1S/C17H20N2O2/c1-3-10-21-15-8-5-13(6-9-15)17(20)19-14-7-4-12(2)16(18)11-14/h4-9,11H,3,10,18H2,1-2H3,(H,19,20). The van der Waals surface area contributed by atoms with E-state index in [-0.39, 0.29) is 5.91 Å². The second-order valence-corrected chi connectivity index (χ2v) is 4.90. The number of carbonyl (C=O) groups excluding carboxylic acids is 1. The quantitative estimate of drug-likeness (QED) is 0.824. The molecule has 4 heteroatoms. The summed E-state index contributed by atoms with van der Waals surface area (Å²) >= 11 is 0. The van der Waals surface area contributed by atoms with Crippen LogP contribution in [0, 0.1) is 6.92 Å². The minimum Gasteiger partial charge on any atom is -0.494 e. The first-order valence-electron chi connectivity index (χ1n) is 7.00. The fourth-order valence-corrected chi connectivity index (χ4v) is 1.84. The number of rotatable bonds is 5. The maximum Gasteiger partial charge on any atom is 0.255 e. The summed E-state index contributed by atoms with van der Waals surface area (Å²) in [5.41, 5.74) is 8.76. The van der Waals surface area contributed by atoms with Gasteiger partial charge >= 0.3 is 0 Å². The molecule has 2 aromatic rings. The Hall–Kier alpha value is -2.49. The van der Waals surface area contributed by atoms with Gasteiger partial charge in [0.2, 0.25) is 0 Å². The number of amides is 1. The van der Waals surface area contributed by atoms with Crippen molar-refractivity contribution >= 4 is 17.3 Å². The van der Waals surface area contributed by atoms with Gasteiger partial charge in [-0.3, -0.25) is 4.79 Å². The predicted octanol–water partition coefficient (Wildman–Crippen LogP) is 3.62. The molecule has 0 bridgehead atoms. The number of aryl methyl sites for hydroxylation is 1. The number of benzene rings is 2. The molecule has 2 rings (SSSR count). The van der Waals surface area contributed by atoms with E-state index in [0.29, 0.717) is 23.5 Å². The number of hydrogen-bond donors (Lipinski definition) is 2. The van der Waals surface area contributed by atoms with Crippen molar-refractivity contribution in [2.45, 2.75) is 20.3 Å². The van der Waals surface area contributed by atoms with E-state index >= 15 is 0 Å². The molecule has 21 heavy (non-hydrogen) atoms. The van der Waals surface area contributed by atoms with Crippen molar-refractivity contribution in [2.75, 3.05) is 17.7 Å². The lowest BCUT2D eigenvalue weighted by molar-refractivity contribution is 0.102. The molecule has 0 saturated carbocycles. The molecule has 110 valence electrons. The molecule has 4 nitrogen and oxygen atoms in total. The van der Waals surface area contributed by atoms with Gasteiger partial charge in [0.05, 0.1) is 6.61 Å². The van der Waals surface area contributed by atoms with Crippen LogP contribution in [0.3, 0.4) is 0 Å². The van der Waals surface area contributed by atoms with Crippen molar-refractivity contribution in [3.05, 3.63) is 53.6 Å². The summed E-state index contributed by atoms with van der Waals surface area (Å²) in [6.07, 6.45) is 0.955. The molecular weight excluding hydrogens is 264 g/mol. The van der Waals surface area contributed by atoms with Crippen molar-refractivity contribution in [1.29, 1.82) is 0 Å². The number of anilines is 2. The molecule has 0 fully saturated rings. The number of hydrogen-bond acceptors (Lipinski definition) is 3. The Kier molecular flexibility index (Phi) is 4.82. The zero-order chi connectivity index (χ0) is 15.2. The normalized spacial score (nSPS) is 10.2. The molecular formula is C17H20N2O2. The highest BCUT2D eigenvalue weighted by atomic mass is 16.5. The molecule has 3 N–H and O–H groups in total. The Morgan fingerprint density at radius 1 is 1.19 bits per heavy atom. The van der Waals surface area contributed by atoms with Crippen LogP contribution >= 0.6 is 0 Å². The average molecular weight is 284 g/mol. The van der Waals surface area contributed by atoms with Gasteiger partial charge in [0.1, 0.15) is 5.75 Å². The molecule has 0 spiro atoms. The van der Waals surface area contributed by atoms with Crippen molar-refractivity contribution in [3.8, 4) is 5.75 Å². The third kappa shape index (κ3) is 3.99. The third-order valence-corrected chi connectivity index (χ3v) is 3.13. The van der Waals surface area contributed by atoms with Crippen LogP contribution in [0.25, 0.3) is 0 Å². The molecule has 0 aliphatic rings. The zero-order valence-corrected chi connectivity index (χ0v) is 12.3. The molecule has 0 aliphatic heterocycles. The summed E-state index contributed by atoms with van der Waals surface area (Å²) in [5.74, 6) is 0.605. The molecule has 0 radical (unpaired) electrons. The van der Waals surface area contributed by atoms with Crippen LogP contribution in [0.4, 0.5) is 11.4 Å². The fraction of sp³-hybridized carbons (Fsp3) is 0.235. The summed E-state index contributed by atoms with van der Waals surface area (Å²) in [5, 5.41) is 2.83. The molecule has 0 saturated heterocycles. The highest BCUT2D eigenvalue weighted by Gasteiger charge is 2.07. The van der Waals surface area contributed by atoms with E-state index in [1.807, 2.05) is 19.1 Å². The van der Waals surface area contributed by atoms with Crippen LogP contribution in [-0.2, 0) is 0 Å². The van der Waals surface area contributed by atoms with Crippen LogP contribution in [0.2, 0.25) is 0 Å². The van der Waals surface area contributed by atoms with Gasteiger partial charge in [0.25, 0.3) is 5.91 Å². The summed E-state index contributed by atoms with van der Waals surface area (Å²) < 4.78 is 5.49. The second kappa shape index (κ2) is 6.79. The van der Waals surface area contributed by atoms with Crippen LogP contribution in [0.15, 0.2) is 42.5 Å². The van der Waals surface area contributed by atoms with E-state index in [2.05, 4.69) is 12.2 Å². The van der Waals surface area contributed by atoms with Crippen LogP contribution in [-0.4, -0.2) is 12.5 Å². The third-order valence-electron chi connectivity index (χ3n) is 3.13. The SMILES string of the molecule is CCCOc1ccc(C(=O)Nc2ccc(C)c(N)c2)cc1. The van der Waals surface area contributed by atoms with Gasteiger partial charge in [-0.1, -0.05) is 13.0 Å². The molecule has 0 unspecified atom stereocenters. The minimum atomic E-state index is -0.166. The van der Waals surface area contributed by atoms with Gasteiger partial charge in [-0.2, -0.15) is 0 Å². The van der Waals surface area contributed by atoms with Crippen molar-refractivity contribution in [3.63, 3.8) is 0 Å². The summed E-state index contributed by atoms with van der Waals surface area (Å²) in [6.45, 7) is 4.65. The van der Waals surface area contributed by atoms with Gasteiger partial charge in [-0.05, 0) is 55.3 Å². The highest BCUT2D eigenvalue weighted by molar-refractivity contribution is 6.04. The maximum absolute atomic E-state index is 12.1. The smallest absolute Gasteiger partial charge is 0.255 e. The van der Waals surface area contributed by atoms with Crippen molar-refractivity contribution in [1.82, 2.24) is 0 Å². The Balaban J connectivity index is 2.04. The van der Waals surface area contributed by atoms with E-state index < -0.39 is 0 Å². The lowest BCUT2D eigenvalue weighted by Crippen LogP contribution is -2.12. The van der Waals surface area contributed by atoms with E-state index in [1.54, 1.807) is 30.3 Å². The fourth-order valence-electron chi connectivity index (χ4n) is 1.84. The van der Waals surface area contributed by atoms with E-state index in [4.69, 9.17) is 10.5 Å². The first kappa shape index (κ1) is 14.9. The van der Waals surface area contributed by atoms with Crippen LogP contribution in [0.5, 0.6) is 5.75 Å². The molecule has 2 aromatic carbocycles. The monoisotopic (exact) mass is 284 g/mol. The Morgan fingerprint density at radius 2 is 1.90 bits per heavy atom. The molecule has 0 aliphatic carbocycles. The number of carbonyl (C=O) groups is 1. The minimum absolute atomic E-state index is 0.166. The lowest BCUT2D eigenvalue weighted by Gasteiger charge is -2.08. The van der Waals surface area contributed by atoms with E-state index in [0.717, 1.165) is 17.7 Å². The Labute approximate surface area is 124 Å². The summed E-state index contributed by atoms with van der Waals surface area (Å²) in [7, 11) is 0. The van der Waals surface area contributed by atoms with Crippen molar-refractivity contribution < 1.29 is 9.53 Å². The van der Waals surface area contributed by atoms with Gasteiger partial charge in [0, 0.05) is 16.9 Å². The Morgan fingerprint density at radius 3 is 2.52 bits per heavy atom. The molecule has 1 amide bonds. The van der Waals surface area contributed by atoms with Gasteiger partial charge in [-0.15, -0.1) is 0 Å². The lowest BCUT2D eigenvalue weighted by atomic mass is 10.1. The Bertz CT molecular complexity index is 621. The van der Waals surface area contributed by atoms with Gasteiger partial charge in [-0.25, -0.2) is 0 Å². The van der Waals surface area contributed by atoms with Gasteiger partial charge in [0.15, 0.2) is 0 Å². The van der Waals surface area contributed by atoms with Crippen LogP contribution in [0.1, 0.15) is 29.3 Å². The topological polar surface area (TPSA) is 64.3 Å². The number of ether oxygens (including phenoxy) is 1. The maximum atomic E-state index is 12.1. The van der Waals surface area contributed by atoms with Crippen LogP contribution < -0.4 is 15.8 Å². The highest BCUT2D eigenvalue weighted by Crippen LogP contribution is 2.18. The number of nitrogens with one attached hydrogen (secondary N) is 1. The molecule has 0 atom stereocenters. The van der Waals surface area contributed by atoms with Gasteiger partial charge < -0.3 is 15.8 Å². The largest absolute Gasteiger partial charge is 0.494 e. The first-order valence-corrected chi connectivity index (χ1v) is 7.00. The summed E-state index contributed by atoms with van der Waals surface area (Å²) in [4.78, 5) is 12.1. The van der Waals surface area contributed by atoms with Crippen molar-refractivity contribution in [2.24, 2.45) is 0 Å². The second-order valence-electron chi connectivity index (χ2n) is 4.90. The number of nitrogens with two attached hydrogens (primary N) is 1. The first-order chi connectivity index (χ1) is 10.1. The predicted molar refractivity (Wildman–Crippen MR) is 85.8 cm³/mol. The molecule has 0 heterocycles. The van der Waals surface area contributed by atoms with E-state index in [9.17, 15) is 4.79 Å². The van der Waals surface area contributed by atoms with E-state index in [1.165, 1.54) is 0 Å². The average Bonchev–Trinajstić information content (AvgIpc) is 2.49.